The van der Waals surface area contributed by atoms with Crippen LogP contribution >= 0.6 is 0 Å². The van der Waals surface area contributed by atoms with Crippen molar-refractivity contribution in [1.82, 2.24) is 10.1 Å². The van der Waals surface area contributed by atoms with Gasteiger partial charge in [0, 0.05) is 6.07 Å². The zero-order valence-electron chi connectivity index (χ0n) is 10.7. The van der Waals surface area contributed by atoms with E-state index in [1.807, 2.05) is 30.3 Å². The first-order chi connectivity index (χ1) is 9.74. The van der Waals surface area contributed by atoms with Gasteiger partial charge in [0.15, 0.2) is 0 Å². The van der Waals surface area contributed by atoms with E-state index in [0.29, 0.717) is 12.3 Å². The average Bonchev–Trinajstić information content (AvgIpc) is 3.10. The standard InChI is InChI=1S/C14H14N2O4/c17-11-8-16(14(18)12-6-7-15-20-12)9-13(11)19-10-4-2-1-3-5-10/h1-7,11,13,17H,8-9H2/t11-,13-/m1/s1. The van der Waals surface area contributed by atoms with Crippen LogP contribution in [0.15, 0.2) is 47.1 Å². The number of aliphatic hydroxyl groups is 1. The molecule has 0 radical (unpaired) electrons. The smallest absolute Gasteiger partial charge is 0.292 e. The van der Waals surface area contributed by atoms with Gasteiger partial charge in [-0.2, -0.15) is 0 Å². The first kappa shape index (κ1) is 12.7. The highest BCUT2D eigenvalue weighted by molar-refractivity contribution is 5.91. The second-order valence-corrected chi connectivity index (χ2v) is 4.62. The average molecular weight is 274 g/mol. The molecule has 1 saturated heterocycles. The lowest BCUT2D eigenvalue weighted by atomic mass is 10.2. The Morgan fingerprint density at radius 2 is 2.10 bits per heavy atom. The molecule has 0 unspecified atom stereocenters. The summed E-state index contributed by atoms with van der Waals surface area (Å²) in [6.07, 6.45) is 0.254. The van der Waals surface area contributed by atoms with Gasteiger partial charge in [-0.25, -0.2) is 0 Å². The SMILES string of the molecule is O=C(c1ccno1)N1C[C@@H](O)[C@H](Oc2ccccc2)C1. The third-order valence-electron chi connectivity index (χ3n) is 3.20. The van der Waals surface area contributed by atoms with Crippen molar-refractivity contribution in [3.8, 4) is 5.75 Å². The molecule has 2 heterocycles. The van der Waals surface area contributed by atoms with Gasteiger partial charge in [-0.1, -0.05) is 23.4 Å². The summed E-state index contributed by atoms with van der Waals surface area (Å²) < 4.78 is 10.5. The van der Waals surface area contributed by atoms with Gasteiger partial charge in [0.25, 0.3) is 5.91 Å². The van der Waals surface area contributed by atoms with Gasteiger partial charge < -0.3 is 19.3 Å². The van der Waals surface area contributed by atoms with E-state index in [1.54, 1.807) is 0 Å². The number of rotatable bonds is 3. The number of hydrogen-bond acceptors (Lipinski definition) is 5. The van der Waals surface area contributed by atoms with Crippen LogP contribution in [0.5, 0.6) is 5.75 Å². The summed E-state index contributed by atoms with van der Waals surface area (Å²) in [5.41, 5.74) is 0. The highest BCUT2D eigenvalue weighted by Gasteiger charge is 2.36. The molecule has 0 saturated carbocycles. The molecule has 0 bridgehead atoms. The van der Waals surface area contributed by atoms with Crippen molar-refractivity contribution in [2.24, 2.45) is 0 Å². The molecule has 1 aromatic carbocycles. The second-order valence-electron chi connectivity index (χ2n) is 4.62. The van der Waals surface area contributed by atoms with Gasteiger partial charge in [-0.15, -0.1) is 0 Å². The van der Waals surface area contributed by atoms with Gasteiger partial charge in [-0.3, -0.25) is 4.79 Å². The maximum atomic E-state index is 12.1. The minimum atomic E-state index is -0.720. The summed E-state index contributed by atoms with van der Waals surface area (Å²) >= 11 is 0. The van der Waals surface area contributed by atoms with E-state index in [1.165, 1.54) is 17.2 Å². The molecule has 104 valence electrons. The number of likely N-dealkylation sites (tertiary alicyclic amines) is 1. The normalized spacial score (nSPS) is 21.9. The number of hydrogen-bond donors (Lipinski definition) is 1. The van der Waals surface area contributed by atoms with Crippen LogP contribution in [0.1, 0.15) is 10.6 Å². The third kappa shape index (κ3) is 2.50. The molecular formula is C14H14N2O4. The maximum absolute atomic E-state index is 12.1. The fourth-order valence-electron chi connectivity index (χ4n) is 2.19. The lowest BCUT2D eigenvalue weighted by molar-refractivity contribution is 0.0714. The number of ether oxygens (including phenoxy) is 1. The number of carbonyl (C=O) groups is 1. The van der Waals surface area contributed by atoms with Gasteiger partial charge >= 0.3 is 0 Å². The van der Waals surface area contributed by atoms with Crippen LogP contribution in [0.4, 0.5) is 0 Å². The Morgan fingerprint density at radius 1 is 1.30 bits per heavy atom. The molecule has 2 atom stereocenters. The zero-order valence-corrected chi connectivity index (χ0v) is 10.7. The number of aromatic nitrogens is 1. The molecule has 1 aliphatic rings. The predicted octanol–water partition coefficient (Wildman–Crippen LogP) is 0.939. The Morgan fingerprint density at radius 3 is 2.80 bits per heavy atom. The number of amides is 1. The lowest BCUT2D eigenvalue weighted by Gasteiger charge is -2.16. The van der Waals surface area contributed by atoms with Crippen molar-refractivity contribution in [3.63, 3.8) is 0 Å². The summed E-state index contributed by atoms with van der Waals surface area (Å²) in [7, 11) is 0. The first-order valence-electron chi connectivity index (χ1n) is 6.34. The molecule has 0 spiro atoms. The summed E-state index contributed by atoms with van der Waals surface area (Å²) in [6, 6.07) is 10.7. The number of β-amino-alcohol motifs (C(OH)–C–C–N with tert-alkyl or cyclic N) is 1. The second kappa shape index (κ2) is 5.34. The predicted molar refractivity (Wildman–Crippen MR) is 69.3 cm³/mol. The van der Waals surface area contributed by atoms with Crippen molar-refractivity contribution in [2.75, 3.05) is 13.1 Å². The van der Waals surface area contributed by atoms with Crippen LogP contribution in [0.3, 0.4) is 0 Å². The quantitative estimate of drug-likeness (QED) is 0.901. The Labute approximate surface area is 115 Å². The summed E-state index contributed by atoms with van der Waals surface area (Å²) in [5, 5.41) is 13.5. The fraction of sp³-hybridized carbons (Fsp3) is 0.286. The van der Waals surface area contributed by atoms with Crippen LogP contribution in [0, 0.1) is 0 Å². The van der Waals surface area contributed by atoms with Crippen molar-refractivity contribution in [3.05, 3.63) is 48.4 Å². The van der Waals surface area contributed by atoms with Gasteiger partial charge in [0.2, 0.25) is 5.76 Å². The fourth-order valence-corrected chi connectivity index (χ4v) is 2.19. The van der Waals surface area contributed by atoms with Crippen molar-refractivity contribution < 1.29 is 19.2 Å². The van der Waals surface area contributed by atoms with Crippen LogP contribution in [0.2, 0.25) is 0 Å². The Balaban J connectivity index is 1.66. The van der Waals surface area contributed by atoms with E-state index in [-0.39, 0.29) is 18.2 Å². The molecule has 20 heavy (non-hydrogen) atoms. The number of benzene rings is 1. The number of carbonyl (C=O) groups excluding carboxylic acids is 1. The first-order valence-corrected chi connectivity index (χ1v) is 6.34. The Bertz CT molecular complexity index is 570. The number of aliphatic hydroxyl groups excluding tert-OH is 1. The minimum Gasteiger partial charge on any atom is -0.486 e. The number of nitrogens with zero attached hydrogens (tertiary/aromatic N) is 2. The molecule has 6 nitrogen and oxygen atoms in total. The molecular weight excluding hydrogens is 260 g/mol. The molecule has 3 rings (SSSR count). The van der Waals surface area contributed by atoms with Gasteiger partial charge in [0.1, 0.15) is 18.0 Å². The molecule has 6 heteroatoms. The molecule has 1 aromatic heterocycles. The summed E-state index contributed by atoms with van der Waals surface area (Å²) in [6.45, 7) is 0.534. The lowest BCUT2D eigenvalue weighted by Crippen LogP contribution is -2.31. The Hall–Kier alpha value is -2.34. The molecule has 1 aliphatic heterocycles. The van der Waals surface area contributed by atoms with E-state index in [9.17, 15) is 9.90 Å². The van der Waals surface area contributed by atoms with Crippen LogP contribution < -0.4 is 4.74 Å². The highest BCUT2D eigenvalue weighted by atomic mass is 16.5. The molecule has 1 fully saturated rings. The number of para-hydroxylation sites is 1. The van der Waals surface area contributed by atoms with Crippen molar-refractivity contribution in [2.45, 2.75) is 12.2 Å². The topological polar surface area (TPSA) is 75.8 Å². The van der Waals surface area contributed by atoms with E-state index in [0.717, 1.165) is 0 Å². The monoisotopic (exact) mass is 274 g/mol. The molecule has 2 aromatic rings. The molecule has 1 amide bonds. The zero-order chi connectivity index (χ0) is 13.9. The van der Waals surface area contributed by atoms with Crippen molar-refractivity contribution in [1.29, 1.82) is 0 Å². The highest BCUT2D eigenvalue weighted by Crippen LogP contribution is 2.20. The Kier molecular flexibility index (Phi) is 3.39. The van der Waals surface area contributed by atoms with E-state index < -0.39 is 12.2 Å². The third-order valence-corrected chi connectivity index (χ3v) is 3.20. The maximum Gasteiger partial charge on any atom is 0.292 e. The van der Waals surface area contributed by atoms with Crippen molar-refractivity contribution >= 4 is 5.91 Å². The van der Waals surface area contributed by atoms with Crippen LogP contribution in [-0.2, 0) is 0 Å². The van der Waals surface area contributed by atoms with Gasteiger partial charge in [0.05, 0.1) is 19.3 Å². The molecule has 0 aliphatic carbocycles. The minimum absolute atomic E-state index is 0.164. The molecule has 1 N–H and O–H groups in total. The summed E-state index contributed by atoms with van der Waals surface area (Å²) in [5.74, 6) is 0.545. The van der Waals surface area contributed by atoms with Crippen LogP contribution in [-0.4, -0.2) is 46.4 Å². The summed E-state index contributed by atoms with van der Waals surface area (Å²) in [4.78, 5) is 13.6. The van der Waals surface area contributed by atoms with E-state index in [4.69, 9.17) is 9.26 Å². The van der Waals surface area contributed by atoms with Crippen LogP contribution in [0.25, 0.3) is 0 Å². The van der Waals surface area contributed by atoms with E-state index in [2.05, 4.69) is 5.16 Å². The van der Waals surface area contributed by atoms with Gasteiger partial charge in [-0.05, 0) is 12.1 Å². The largest absolute Gasteiger partial charge is 0.486 e. The van der Waals surface area contributed by atoms with E-state index >= 15 is 0 Å².